The van der Waals surface area contributed by atoms with Crippen LogP contribution >= 0.6 is 12.6 Å². The van der Waals surface area contributed by atoms with Gasteiger partial charge in [0.15, 0.2) is 0 Å². The summed E-state index contributed by atoms with van der Waals surface area (Å²) >= 11 is 3.95. The third-order valence-corrected chi connectivity index (χ3v) is 1.31. The second-order valence-electron chi connectivity index (χ2n) is 2.07. The van der Waals surface area contributed by atoms with Gasteiger partial charge in [-0.05, 0) is 12.2 Å². The molecule has 0 rings (SSSR count). The third-order valence-electron chi connectivity index (χ3n) is 0.992. The van der Waals surface area contributed by atoms with E-state index >= 15 is 0 Å². The summed E-state index contributed by atoms with van der Waals surface area (Å²) in [6.45, 7) is 0.551. The molecule has 0 aromatic heterocycles. The van der Waals surface area contributed by atoms with Crippen molar-refractivity contribution >= 4 is 24.4 Å². The van der Waals surface area contributed by atoms with Crippen LogP contribution in [0, 0.1) is 0 Å². The molecule has 0 saturated carbocycles. The van der Waals surface area contributed by atoms with Gasteiger partial charge in [-0.1, -0.05) is 0 Å². The molecule has 0 aromatic rings. The van der Waals surface area contributed by atoms with E-state index in [-0.39, 0.29) is 12.3 Å². The fraction of sp³-hybridized carbons (Fsp3) is 0.667. The maximum Gasteiger partial charge on any atom is 0.229 e. The summed E-state index contributed by atoms with van der Waals surface area (Å²) in [7, 11) is 0. The molecule has 0 heterocycles. The number of nitrogens with two attached hydrogens (primary N) is 1. The molecule has 0 aliphatic heterocycles. The van der Waals surface area contributed by atoms with E-state index in [0.29, 0.717) is 6.54 Å². The lowest BCUT2D eigenvalue weighted by Crippen LogP contribution is -2.29. The molecule has 5 heteroatoms. The van der Waals surface area contributed by atoms with Crippen LogP contribution in [0.5, 0.6) is 0 Å². The molecule has 4 nitrogen and oxygen atoms in total. The minimum atomic E-state index is -0.603. The van der Waals surface area contributed by atoms with Crippen LogP contribution in [0.1, 0.15) is 12.8 Å². The first-order chi connectivity index (χ1) is 5.16. The maximum absolute atomic E-state index is 10.7. The molecule has 0 saturated heterocycles. The van der Waals surface area contributed by atoms with Crippen LogP contribution in [-0.4, -0.2) is 24.1 Å². The molecule has 0 fully saturated rings. The Balaban J connectivity index is 3.30. The molecule has 0 aromatic carbocycles. The quantitative estimate of drug-likeness (QED) is 0.294. The number of thiol groups is 1. The standard InChI is InChI=1S/C6H12N2O2S/c7-5(9)4-6(10)8-2-1-3-11/h11H,1-4H2,(H2,7,9)(H,8,10). The third kappa shape index (κ3) is 7.18. The van der Waals surface area contributed by atoms with Crippen LogP contribution in [0.2, 0.25) is 0 Å². The molecule has 0 aliphatic rings. The summed E-state index contributed by atoms with van der Waals surface area (Å²) in [5.41, 5.74) is 4.78. The molecule has 0 bridgehead atoms. The molecule has 11 heavy (non-hydrogen) atoms. The van der Waals surface area contributed by atoms with Gasteiger partial charge in [-0.2, -0.15) is 12.6 Å². The van der Waals surface area contributed by atoms with Crippen molar-refractivity contribution in [1.29, 1.82) is 0 Å². The zero-order valence-corrected chi connectivity index (χ0v) is 7.06. The van der Waals surface area contributed by atoms with Crippen LogP contribution in [-0.2, 0) is 9.59 Å². The molecule has 0 spiro atoms. The summed E-state index contributed by atoms with van der Waals surface area (Å²) in [6.07, 6.45) is 0.570. The van der Waals surface area contributed by atoms with E-state index in [9.17, 15) is 9.59 Å². The van der Waals surface area contributed by atoms with Gasteiger partial charge < -0.3 is 11.1 Å². The highest BCUT2D eigenvalue weighted by Gasteiger charge is 2.03. The Bertz CT molecular complexity index is 150. The summed E-state index contributed by atoms with van der Waals surface area (Å²) in [6, 6.07) is 0. The number of hydrogen-bond acceptors (Lipinski definition) is 3. The Labute approximate surface area is 70.9 Å². The topological polar surface area (TPSA) is 72.2 Å². The Morgan fingerprint density at radius 1 is 1.45 bits per heavy atom. The average molecular weight is 176 g/mol. The van der Waals surface area contributed by atoms with Gasteiger partial charge in [0.1, 0.15) is 6.42 Å². The molecule has 64 valence electrons. The molecule has 0 radical (unpaired) electrons. The summed E-state index contributed by atoms with van der Waals surface area (Å²) < 4.78 is 0. The van der Waals surface area contributed by atoms with Crippen molar-refractivity contribution in [3.8, 4) is 0 Å². The van der Waals surface area contributed by atoms with Gasteiger partial charge in [0, 0.05) is 6.54 Å². The van der Waals surface area contributed by atoms with Gasteiger partial charge in [-0.25, -0.2) is 0 Å². The van der Waals surface area contributed by atoms with Gasteiger partial charge in [0.2, 0.25) is 11.8 Å². The first kappa shape index (κ1) is 10.3. The fourth-order valence-corrected chi connectivity index (χ4v) is 0.686. The summed E-state index contributed by atoms with van der Waals surface area (Å²) in [5.74, 6) is -0.204. The SMILES string of the molecule is NC(=O)CC(=O)NCCCS. The van der Waals surface area contributed by atoms with E-state index in [0.717, 1.165) is 12.2 Å². The van der Waals surface area contributed by atoms with E-state index in [2.05, 4.69) is 17.9 Å². The number of carbonyl (C=O) groups is 2. The highest BCUT2D eigenvalue weighted by atomic mass is 32.1. The van der Waals surface area contributed by atoms with Crippen molar-refractivity contribution in [1.82, 2.24) is 5.32 Å². The predicted molar refractivity (Wildman–Crippen MR) is 45.3 cm³/mol. The first-order valence-electron chi connectivity index (χ1n) is 3.32. The Hall–Kier alpha value is -0.710. The molecule has 2 amide bonds. The van der Waals surface area contributed by atoms with Crippen LogP contribution < -0.4 is 11.1 Å². The molecular weight excluding hydrogens is 164 g/mol. The number of amides is 2. The highest BCUT2D eigenvalue weighted by molar-refractivity contribution is 7.80. The lowest BCUT2D eigenvalue weighted by Gasteiger charge is -2.00. The second kappa shape index (κ2) is 6.03. The van der Waals surface area contributed by atoms with E-state index in [1.807, 2.05) is 0 Å². The largest absolute Gasteiger partial charge is 0.369 e. The maximum atomic E-state index is 10.7. The van der Waals surface area contributed by atoms with Crippen LogP contribution in [0.3, 0.4) is 0 Å². The van der Waals surface area contributed by atoms with Gasteiger partial charge in [0.05, 0.1) is 0 Å². The van der Waals surface area contributed by atoms with E-state index in [1.54, 1.807) is 0 Å². The summed E-state index contributed by atoms with van der Waals surface area (Å²) in [5, 5.41) is 2.53. The smallest absolute Gasteiger partial charge is 0.229 e. The number of primary amides is 1. The van der Waals surface area contributed by atoms with E-state index in [4.69, 9.17) is 5.73 Å². The van der Waals surface area contributed by atoms with E-state index in [1.165, 1.54) is 0 Å². The van der Waals surface area contributed by atoms with Crippen molar-refractivity contribution < 1.29 is 9.59 Å². The fourth-order valence-electron chi connectivity index (χ4n) is 0.528. The number of rotatable bonds is 5. The lowest BCUT2D eigenvalue weighted by atomic mass is 10.4. The highest BCUT2D eigenvalue weighted by Crippen LogP contribution is 1.82. The van der Waals surface area contributed by atoms with Gasteiger partial charge in [-0.15, -0.1) is 0 Å². The van der Waals surface area contributed by atoms with Gasteiger partial charge >= 0.3 is 0 Å². The van der Waals surface area contributed by atoms with Crippen LogP contribution in [0.4, 0.5) is 0 Å². The van der Waals surface area contributed by atoms with Crippen molar-refractivity contribution in [2.75, 3.05) is 12.3 Å². The molecule has 0 aliphatic carbocycles. The number of hydrogen-bond donors (Lipinski definition) is 3. The minimum absolute atomic E-state index is 0.230. The molecule has 0 atom stereocenters. The van der Waals surface area contributed by atoms with Gasteiger partial charge in [0.25, 0.3) is 0 Å². The van der Waals surface area contributed by atoms with Crippen molar-refractivity contribution in [2.45, 2.75) is 12.8 Å². The normalized spacial score (nSPS) is 9.18. The number of nitrogens with one attached hydrogen (secondary N) is 1. The molecule has 3 N–H and O–H groups in total. The minimum Gasteiger partial charge on any atom is -0.369 e. The molecule has 0 unspecified atom stereocenters. The van der Waals surface area contributed by atoms with Crippen LogP contribution in [0.15, 0.2) is 0 Å². The zero-order chi connectivity index (χ0) is 8.69. The lowest BCUT2D eigenvalue weighted by molar-refractivity contribution is -0.127. The first-order valence-corrected chi connectivity index (χ1v) is 3.96. The average Bonchev–Trinajstić information content (AvgIpc) is 1.86. The second-order valence-corrected chi connectivity index (χ2v) is 2.52. The Kier molecular flexibility index (Phi) is 5.64. The Morgan fingerprint density at radius 3 is 2.55 bits per heavy atom. The van der Waals surface area contributed by atoms with Crippen molar-refractivity contribution in [2.24, 2.45) is 5.73 Å². The monoisotopic (exact) mass is 176 g/mol. The van der Waals surface area contributed by atoms with Gasteiger partial charge in [-0.3, -0.25) is 9.59 Å². The summed E-state index contributed by atoms with van der Waals surface area (Å²) in [4.78, 5) is 20.9. The van der Waals surface area contributed by atoms with Crippen LogP contribution in [0.25, 0.3) is 0 Å². The zero-order valence-electron chi connectivity index (χ0n) is 6.17. The van der Waals surface area contributed by atoms with Crippen molar-refractivity contribution in [3.05, 3.63) is 0 Å². The predicted octanol–water partition coefficient (Wildman–Crippen LogP) is -0.702. The number of carbonyl (C=O) groups excluding carboxylic acids is 2. The van der Waals surface area contributed by atoms with Crippen molar-refractivity contribution in [3.63, 3.8) is 0 Å². The Morgan fingerprint density at radius 2 is 2.09 bits per heavy atom. The molecular formula is C6H12N2O2S. The van der Waals surface area contributed by atoms with E-state index < -0.39 is 5.91 Å².